The van der Waals surface area contributed by atoms with Crippen LogP contribution in [0.25, 0.3) is 0 Å². The van der Waals surface area contributed by atoms with E-state index in [2.05, 4.69) is 13.0 Å². The van der Waals surface area contributed by atoms with Crippen LogP contribution in [0.5, 0.6) is 0 Å². The molecule has 1 unspecified atom stereocenters. The minimum Gasteiger partial charge on any atom is -0.294 e. The quantitative estimate of drug-likeness (QED) is 0.587. The van der Waals surface area contributed by atoms with Crippen molar-refractivity contribution in [2.75, 3.05) is 0 Å². The van der Waals surface area contributed by atoms with Crippen molar-refractivity contribution >= 4 is 5.78 Å². The Labute approximate surface area is 117 Å². The van der Waals surface area contributed by atoms with Gasteiger partial charge in [-0.25, -0.2) is 0 Å². The van der Waals surface area contributed by atoms with Gasteiger partial charge in [0.15, 0.2) is 5.78 Å². The van der Waals surface area contributed by atoms with E-state index in [-0.39, 0.29) is 5.92 Å². The highest BCUT2D eigenvalue weighted by molar-refractivity contribution is 6.02. The zero-order valence-electron chi connectivity index (χ0n) is 12.2. The van der Waals surface area contributed by atoms with Crippen LogP contribution in [0.4, 0.5) is 0 Å². The second kappa shape index (κ2) is 7.47. The monoisotopic (exact) mass is 258 g/mol. The molecule has 0 spiro atoms. The predicted octanol–water partition coefficient (Wildman–Crippen LogP) is 5.18. The van der Waals surface area contributed by atoms with Gasteiger partial charge in [0.1, 0.15) is 0 Å². The van der Waals surface area contributed by atoms with Gasteiger partial charge in [0.25, 0.3) is 0 Å². The molecule has 0 bridgehead atoms. The third kappa shape index (κ3) is 3.92. The van der Waals surface area contributed by atoms with E-state index in [1.165, 1.54) is 50.5 Å². The van der Waals surface area contributed by atoms with E-state index in [1.807, 2.05) is 18.2 Å². The van der Waals surface area contributed by atoms with Gasteiger partial charge in [0, 0.05) is 11.5 Å². The highest BCUT2D eigenvalue weighted by Gasteiger charge is 2.29. The van der Waals surface area contributed by atoms with Crippen LogP contribution in [0.2, 0.25) is 0 Å². The third-order valence-electron chi connectivity index (χ3n) is 4.28. The van der Waals surface area contributed by atoms with E-state index < -0.39 is 0 Å². The number of Topliss-reactive ketones (excluding diaryl/α,β-unsaturated/α-hetero) is 1. The predicted molar refractivity (Wildman–Crippen MR) is 80.6 cm³/mol. The molecule has 0 amide bonds. The molecule has 0 radical (unpaired) electrons. The Morgan fingerprint density at radius 2 is 1.68 bits per heavy atom. The summed E-state index contributed by atoms with van der Waals surface area (Å²) in [6.45, 7) is 2.25. The van der Waals surface area contributed by atoms with Crippen molar-refractivity contribution in [3.05, 3.63) is 35.4 Å². The minimum atomic E-state index is 0.271. The van der Waals surface area contributed by atoms with Gasteiger partial charge in [-0.2, -0.15) is 0 Å². The van der Waals surface area contributed by atoms with Gasteiger partial charge in [-0.1, -0.05) is 76.1 Å². The van der Waals surface area contributed by atoms with Crippen LogP contribution in [0.1, 0.15) is 74.2 Å². The summed E-state index contributed by atoms with van der Waals surface area (Å²) in [6, 6.07) is 8.12. The Hall–Kier alpha value is -1.11. The average molecular weight is 258 g/mol. The van der Waals surface area contributed by atoms with Gasteiger partial charge in [-0.15, -0.1) is 0 Å². The van der Waals surface area contributed by atoms with Crippen LogP contribution in [-0.2, 0) is 6.42 Å². The summed E-state index contributed by atoms with van der Waals surface area (Å²) in [5.74, 6) is 0.662. The maximum Gasteiger partial charge on any atom is 0.166 e. The molecule has 19 heavy (non-hydrogen) atoms. The molecule has 2 rings (SSSR count). The Morgan fingerprint density at radius 1 is 1.00 bits per heavy atom. The molecule has 0 saturated heterocycles. The Bertz CT molecular complexity index is 408. The fourth-order valence-electron chi connectivity index (χ4n) is 3.10. The number of rotatable bonds is 8. The van der Waals surface area contributed by atoms with Crippen molar-refractivity contribution in [2.24, 2.45) is 5.92 Å². The highest BCUT2D eigenvalue weighted by atomic mass is 16.1. The first-order valence-electron chi connectivity index (χ1n) is 7.95. The van der Waals surface area contributed by atoms with Crippen LogP contribution in [-0.4, -0.2) is 5.78 Å². The molecular weight excluding hydrogens is 232 g/mol. The smallest absolute Gasteiger partial charge is 0.166 e. The number of unbranched alkanes of at least 4 members (excludes halogenated alkanes) is 6. The van der Waals surface area contributed by atoms with Gasteiger partial charge in [-0.05, 0) is 18.4 Å². The number of carbonyl (C=O) groups is 1. The molecule has 0 heterocycles. The Kier molecular flexibility index (Phi) is 5.62. The van der Waals surface area contributed by atoms with E-state index in [0.29, 0.717) is 5.78 Å². The standard InChI is InChI=1S/C18H26O/c1-2-3-4-5-6-7-8-12-16-14-15-11-9-10-13-17(15)18(16)19/h9-11,13,16H,2-8,12,14H2,1H3. The molecule has 0 aliphatic heterocycles. The Morgan fingerprint density at radius 3 is 2.42 bits per heavy atom. The van der Waals surface area contributed by atoms with Gasteiger partial charge < -0.3 is 0 Å². The van der Waals surface area contributed by atoms with Crippen molar-refractivity contribution in [3.63, 3.8) is 0 Å². The van der Waals surface area contributed by atoms with Crippen molar-refractivity contribution in [3.8, 4) is 0 Å². The largest absolute Gasteiger partial charge is 0.294 e. The first-order chi connectivity index (χ1) is 9.33. The fraction of sp³-hybridized carbons (Fsp3) is 0.611. The topological polar surface area (TPSA) is 17.1 Å². The maximum atomic E-state index is 12.2. The second-order valence-corrected chi connectivity index (χ2v) is 5.83. The van der Waals surface area contributed by atoms with E-state index in [9.17, 15) is 4.79 Å². The van der Waals surface area contributed by atoms with Gasteiger partial charge in [0.05, 0.1) is 0 Å². The zero-order chi connectivity index (χ0) is 13.5. The van der Waals surface area contributed by atoms with Crippen LogP contribution >= 0.6 is 0 Å². The molecule has 1 aliphatic carbocycles. The lowest BCUT2D eigenvalue weighted by Crippen LogP contribution is -2.08. The van der Waals surface area contributed by atoms with Crippen LogP contribution in [0.3, 0.4) is 0 Å². The van der Waals surface area contributed by atoms with Crippen LogP contribution < -0.4 is 0 Å². The van der Waals surface area contributed by atoms with Crippen molar-refractivity contribution in [2.45, 2.75) is 64.7 Å². The molecule has 1 atom stereocenters. The molecule has 0 aromatic heterocycles. The number of ketones is 1. The summed E-state index contributed by atoms with van der Waals surface area (Å²) in [5.41, 5.74) is 2.25. The van der Waals surface area contributed by atoms with Crippen molar-refractivity contribution in [1.29, 1.82) is 0 Å². The van der Waals surface area contributed by atoms with Crippen molar-refractivity contribution < 1.29 is 4.79 Å². The van der Waals surface area contributed by atoms with E-state index in [0.717, 1.165) is 18.4 Å². The molecule has 1 heteroatoms. The SMILES string of the molecule is CCCCCCCCCC1Cc2ccccc2C1=O. The zero-order valence-corrected chi connectivity index (χ0v) is 12.2. The highest BCUT2D eigenvalue weighted by Crippen LogP contribution is 2.30. The minimum absolute atomic E-state index is 0.271. The average Bonchev–Trinajstić information content (AvgIpc) is 2.75. The first-order valence-corrected chi connectivity index (χ1v) is 7.95. The summed E-state index contributed by atoms with van der Waals surface area (Å²) in [6.07, 6.45) is 11.3. The maximum absolute atomic E-state index is 12.2. The number of hydrogen-bond donors (Lipinski definition) is 0. The van der Waals surface area contributed by atoms with Crippen LogP contribution in [0.15, 0.2) is 24.3 Å². The molecule has 0 N–H and O–H groups in total. The summed E-state index contributed by atoms with van der Waals surface area (Å²) in [7, 11) is 0. The van der Waals surface area contributed by atoms with E-state index in [1.54, 1.807) is 0 Å². The van der Waals surface area contributed by atoms with Crippen LogP contribution in [0, 0.1) is 5.92 Å². The molecule has 0 fully saturated rings. The van der Waals surface area contributed by atoms with Gasteiger partial charge in [-0.3, -0.25) is 4.79 Å². The molecule has 1 aromatic carbocycles. The first kappa shape index (κ1) is 14.3. The normalized spacial score (nSPS) is 17.7. The lowest BCUT2D eigenvalue weighted by molar-refractivity contribution is 0.0929. The fourth-order valence-corrected chi connectivity index (χ4v) is 3.10. The van der Waals surface area contributed by atoms with Gasteiger partial charge >= 0.3 is 0 Å². The van der Waals surface area contributed by atoms with Crippen molar-refractivity contribution in [1.82, 2.24) is 0 Å². The molecule has 1 aliphatic rings. The summed E-state index contributed by atoms with van der Waals surface area (Å²) in [5, 5.41) is 0. The molecular formula is C18H26O. The number of fused-ring (bicyclic) bond motifs is 1. The Balaban J connectivity index is 1.65. The third-order valence-corrected chi connectivity index (χ3v) is 4.28. The summed E-state index contributed by atoms with van der Waals surface area (Å²) in [4.78, 5) is 12.2. The molecule has 104 valence electrons. The lowest BCUT2D eigenvalue weighted by Gasteiger charge is -2.07. The molecule has 1 aromatic rings. The molecule has 1 nitrogen and oxygen atoms in total. The van der Waals surface area contributed by atoms with Gasteiger partial charge in [0.2, 0.25) is 0 Å². The van der Waals surface area contributed by atoms with E-state index in [4.69, 9.17) is 0 Å². The molecule has 0 saturated carbocycles. The number of carbonyl (C=O) groups excluding carboxylic acids is 1. The van der Waals surface area contributed by atoms with E-state index >= 15 is 0 Å². The summed E-state index contributed by atoms with van der Waals surface area (Å²) < 4.78 is 0. The summed E-state index contributed by atoms with van der Waals surface area (Å²) >= 11 is 0. The second-order valence-electron chi connectivity index (χ2n) is 5.83. The number of hydrogen-bond acceptors (Lipinski definition) is 1. The number of benzene rings is 1. The lowest BCUT2D eigenvalue weighted by atomic mass is 9.96.